The van der Waals surface area contributed by atoms with Crippen molar-refractivity contribution in [1.82, 2.24) is 15.0 Å². The lowest BCUT2D eigenvalue weighted by Gasteiger charge is -2.11. The molecular formula is C8H13ClIN5. The number of halogens is 2. The van der Waals surface area contributed by atoms with Crippen LogP contribution in [0.4, 0.5) is 11.9 Å². The molecule has 0 aliphatic heterocycles. The van der Waals surface area contributed by atoms with Gasteiger partial charge in [0.15, 0.2) is 0 Å². The first-order chi connectivity index (χ1) is 7.15. The SMILES string of the molecule is CCNc1nc(Cl)nc(NC(C)CI)n1. The molecule has 0 aliphatic carbocycles. The maximum absolute atomic E-state index is 5.77. The van der Waals surface area contributed by atoms with Crippen LogP contribution in [0.1, 0.15) is 13.8 Å². The van der Waals surface area contributed by atoms with Crippen LogP contribution in [-0.4, -0.2) is 32.0 Å². The van der Waals surface area contributed by atoms with Crippen LogP contribution in [0.2, 0.25) is 5.28 Å². The van der Waals surface area contributed by atoms with Crippen LogP contribution in [0.5, 0.6) is 0 Å². The number of hydrogen-bond donors (Lipinski definition) is 2. The van der Waals surface area contributed by atoms with E-state index in [9.17, 15) is 0 Å². The van der Waals surface area contributed by atoms with Gasteiger partial charge in [0.25, 0.3) is 0 Å². The number of anilines is 2. The van der Waals surface area contributed by atoms with Crippen molar-refractivity contribution in [2.45, 2.75) is 19.9 Å². The van der Waals surface area contributed by atoms with Crippen molar-refractivity contribution >= 4 is 46.1 Å². The fraction of sp³-hybridized carbons (Fsp3) is 0.625. The highest BCUT2D eigenvalue weighted by molar-refractivity contribution is 14.1. The van der Waals surface area contributed by atoms with E-state index in [1.54, 1.807) is 0 Å². The van der Waals surface area contributed by atoms with E-state index < -0.39 is 0 Å². The van der Waals surface area contributed by atoms with Crippen LogP contribution in [-0.2, 0) is 0 Å². The molecule has 1 unspecified atom stereocenters. The highest BCUT2D eigenvalue weighted by Gasteiger charge is 2.06. The van der Waals surface area contributed by atoms with Gasteiger partial charge in [-0.15, -0.1) is 0 Å². The van der Waals surface area contributed by atoms with Crippen molar-refractivity contribution in [1.29, 1.82) is 0 Å². The average molecular weight is 342 g/mol. The fourth-order valence-electron chi connectivity index (χ4n) is 0.911. The second-order valence-corrected chi connectivity index (χ2v) is 4.20. The molecule has 1 atom stereocenters. The van der Waals surface area contributed by atoms with Crippen LogP contribution in [0.3, 0.4) is 0 Å². The molecular weight excluding hydrogens is 328 g/mol. The van der Waals surface area contributed by atoms with Gasteiger partial charge >= 0.3 is 0 Å². The van der Waals surface area contributed by atoms with Gasteiger partial charge in [-0.05, 0) is 25.4 Å². The predicted molar refractivity (Wildman–Crippen MR) is 71.0 cm³/mol. The van der Waals surface area contributed by atoms with Crippen LogP contribution in [0.25, 0.3) is 0 Å². The predicted octanol–water partition coefficient (Wildman–Crippen LogP) is 2.19. The largest absolute Gasteiger partial charge is 0.354 e. The summed E-state index contributed by atoms with van der Waals surface area (Å²) in [5.74, 6) is 1.01. The molecule has 1 aromatic heterocycles. The van der Waals surface area contributed by atoms with Gasteiger partial charge < -0.3 is 10.6 Å². The number of aromatic nitrogens is 3. The molecule has 15 heavy (non-hydrogen) atoms. The lowest BCUT2D eigenvalue weighted by molar-refractivity contribution is 0.887. The first-order valence-electron chi connectivity index (χ1n) is 4.63. The summed E-state index contributed by atoms with van der Waals surface area (Å²) in [6, 6.07) is 0.304. The normalized spacial score (nSPS) is 12.3. The van der Waals surface area contributed by atoms with E-state index in [4.69, 9.17) is 11.6 Å². The Bertz CT molecular complexity index is 322. The monoisotopic (exact) mass is 341 g/mol. The zero-order valence-electron chi connectivity index (χ0n) is 8.59. The van der Waals surface area contributed by atoms with Gasteiger partial charge in [-0.2, -0.15) is 15.0 Å². The minimum absolute atomic E-state index is 0.198. The summed E-state index contributed by atoms with van der Waals surface area (Å²) < 4.78 is 0.970. The molecule has 1 rings (SSSR count). The maximum atomic E-state index is 5.77. The Hall–Kier alpha value is -0.370. The third kappa shape index (κ3) is 4.33. The second-order valence-electron chi connectivity index (χ2n) is 2.98. The molecule has 0 amide bonds. The molecule has 0 saturated carbocycles. The van der Waals surface area contributed by atoms with Crippen molar-refractivity contribution in [3.05, 3.63) is 5.28 Å². The van der Waals surface area contributed by atoms with E-state index in [1.807, 2.05) is 6.92 Å². The van der Waals surface area contributed by atoms with Gasteiger partial charge in [0, 0.05) is 17.0 Å². The molecule has 1 aromatic rings. The third-order valence-electron chi connectivity index (χ3n) is 1.55. The first-order valence-corrected chi connectivity index (χ1v) is 6.54. The molecule has 0 aromatic carbocycles. The summed E-state index contributed by atoms with van der Waals surface area (Å²) in [5.41, 5.74) is 0. The zero-order valence-corrected chi connectivity index (χ0v) is 11.5. The van der Waals surface area contributed by atoms with Gasteiger partial charge in [-0.1, -0.05) is 22.6 Å². The second kappa shape index (κ2) is 6.26. The number of rotatable bonds is 5. The smallest absolute Gasteiger partial charge is 0.229 e. The van der Waals surface area contributed by atoms with Crippen molar-refractivity contribution < 1.29 is 0 Å². The molecule has 7 heteroatoms. The van der Waals surface area contributed by atoms with E-state index in [-0.39, 0.29) is 5.28 Å². The molecule has 0 aliphatic rings. The molecule has 0 spiro atoms. The molecule has 2 N–H and O–H groups in total. The first kappa shape index (κ1) is 12.7. The Labute approximate surface area is 108 Å². The van der Waals surface area contributed by atoms with Gasteiger partial charge in [0.05, 0.1) is 0 Å². The van der Waals surface area contributed by atoms with Crippen molar-refractivity contribution in [3.8, 4) is 0 Å². The van der Waals surface area contributed by atoms with E-state index in [2.05, 4.69) is 55.1 Å². The number of alkyl halides is 1. The molecule has 5 nitrogen and oxygen atoms in total. The Morgan fingerprint density at radius 3 is 2.60 bits per heavy atom. The topological polar surface area (TPSA) is 62.7 Å². The van der Waals surface area contributed by atoms with Crippen molar-refractivity contribution in [2.24, 2.45) is 0 Å². The number of nitrogens with one attached hydrogen (secondary N) is 2. The maximum Gasteiger partial charge on any atom is 0.229 e. The summed E-state index contributed by atoms with van der Waals surface area (Å²) in [5, 5.41) is 6.33. The zero-order chi connectivity index (χ0) is 11.3. The molecule has 0 bridgehead atoms. The van der Waals surface area contributed by atoms with Crippen molar-refractivity contribution in [2.75, 3.05) is 21.6 Å². The quantitative estimate of drug-likeness (QED) is 0.635. The van der Waals surface area contributed by atoms with E-state index in [0.29, 0.717) is 17.9 Å². The molecule has 1 heterocycles. The summed E-state index contributed by atoms with van der Waals surface area (Å²) in [7, 11) is 0. The number of nitrogens with zero attached hydrogens (tertiary/aromatic N) is 3. The highest BCUT2D eigenvalue weighted by Crippen LogP contribution is 2.10. The van der Waals surface area contributed by atoms with Gasteiger partial charge in [-0.3, -0.25) is 0 Å². The molecule has 0 saturated heterocycles. The average Bonchev–Trinajstić information content (AvgIpc) is 2.17. The van der Waals surface area contributed by atoms with Gasteiger partial charge in [0.1, 0.15) is 0 Å². The Morgan fingerprint density at radius 1 is 1.33 bits per heavy atom. The molecule has 0 fully saturated rings. The van der Waals surface area contributed by atoms with Crippen LogP contribution in [0, 0.1) is 0 Å². The minimum Gasteiger partial charge on any atom is -0.354 e. The summed E-state index contributed by atoms with van der Waals surface area (Å²) in [6.45, 7) is 4.77. The Balaban J connectivity index is 2.78. The Morgan fingerprint density at radius 2 is 2.00 bits per heavy atom. The summed E-state index contributed by atoms with van der Waals surface area (Å²) in [6.07, 6.45) is 0. The van der Waals surface area contributed by atoms with Crippen LogP contribution >= 0.6 is 34.2 Å². The van der Waals surface area contributed by atoms with Crippen molar-refractivity contribution in [3.63, 3.8) is 0 Å². The summed E-state index contributed by atoms with van der Waals surface area (Å²) >= 11 is 8.06. The van der Waals surface area contributed by atoms with Gasteiger partial charge in [-0.25, -0.2) is 0 Å². The Kier molecular flexibility index (Phi) is 5.30. The van der Waals surface area contributed by atoms with E-state index in [0.717, 1.165) is 11.0 Å². The van der Waals surface area contributed by atoms with Crippen LogP contribution < -0.4 is 10.6 Å². The summed E-state index contributed by atoms with van der Waals surface area (Å²) in [4.78, 5) is 12.1. The minimum atomic E-state index is 0.198. The van der Waals surface area contributed by atoms with E-state index in [1.165, 1.54) is 0 Å². The molecule has 84 valence electrons. The highest BCUT2D eigenvalue weighted by atomic mass is 127. The lowest BCUT2D eigenvalue weighted by atomic mass is 10.4. The number of hydrogen-bond acceptors (Lipinski definition) is 5. The third-order valence-corrected chi connectivity index (χ3v) is 3.04. The standard InChI is InChI=1S/C8H13ClIN5/c1-3-11-7-13-6(9)14-8(15-7)12-5(2)4-10/h5H,3-4H2,1-2H3,(H2,11,12,13,14,15). The molecule has 0 radical (unpaired) electrons. The fourth-order valence-corrected chi connectivity index (χ4v) is 1.29. The lowest BCUT2D eigenvalue weighted by Crippen LogP contribution is -2.19. The van der Waals surface area contributed by atoms with Crippen LogP contribution in [0.15, 0.2) is 0 Å². The van der Waals surface area contributed by atoms with E-state index >= 15 is 0 Å². The van der Waals surface area contributed by atoms with Gasteiger partial charge in [0.2, 0.25) is 17.2 Å².